The van der Waals surface area contributed by atoms with E-state index < -0.39 is 6.36 Å². The molecule has 0 N–H and O–H groups in total. The summed E-state index contributed by atoms with van der Waals surface area (Å²) in [4.78, 5) is 0. The van der Waals surface area contributed by atoms with Crippen LogP contribution in [-0.2, 0) is 5.11 Å². The van der Waals surface area contributed by atoms with E-state index >= 15 is 0 Å². The summed E-state index contributed by atoms with van der Waals surface area (Å²) in [5.74, 6) is 0. The molecule has 0 atom stereocenters. The summed E-state index contributed by atoms with van der Waals surface area (Å²) in [6.45, 7) is 5.85. The number of unbranched alkanes of at least 4 members (excludes halogenated alkanes) is 2. The average Bonchev–Trinajstić information content (AvgIpc) is 1.63. The van der Waals surface area contributed by atoms with Crippen molar-refractivity contribution >= 4 is 0 Å². The van der Waals surface area contributed by atoms with Crippen LogP contribution in [0.2, 0.25) is 0 Å². The molecule has 0 rings (SSSR count). The van der Waals surface area contributed by atoms with Crippen LogP contribution in [0.4, 0.5) is 13.2 Å². The van der Waals surface area contributed by atoms with Crippen LogP contribution < -0.4 is 0 Å². The molecule has 0 fully saturated rings. The predicted molar refractivity (Wildman–Crippen MR) is 31.6 cm³/mol. The molecule has 0 bridgehead atoms. The summed E-state index contributed by atoms with van der Waals surface area (Å²) in [6.07, 6.45) is -1.60. The molecule has 0 heterocycles. The molecule has 62 valence electrons. The number of halogens is 3. The van der Waals surface area contributed by atoms with Crippen LogP contribution in [0.25, 0.3) is 0 Å². The Hall–Kier alpha value is -0.250. The van der Waals surface area contributed by atoms with Crippen molar-refractivity contribution in [3.8, 4) is 0 Å². The third kappa shape index (κ3) is 115. The minimum Gasteiger partial charge on any atom is -0.142 e. The van der Waals surface area contributed by atoms with E-state index in [0.717, 1.165) is 6.42 Å². The molecular weight excluding hydrogens is 145 g/mol. The number of hydrogen-bond donors (Lipinski definition) is 0. The number of alkyl halides is 3. The lowest BCUT2D eigenvalue weighted by atomic mass is 10.3. The van der Waals surface area contributed by atoms with Crippen LogP contribution in [-0.4, -0.2) is 6.36 Å². The molecule has 0 aromatic heterocycles. The molecular formula is C6H11F3O. The van der Waals surface area contributed by atoms with Gasteiger partial charge in [0.1, 0.15) is 0 Å². The molecule has 0 amide bonds. The van der Waals surface area contributed by atoms with Crippen molar-refractivity contribution in [3.63, 3.8) is 0 Å². The SMILES string of the molecule is [CH2]CCCC.[O]C(F)(F)F. The van der Waals surface area contributed by atoms with Crippen LogP contribution >= 0.6 is 0 Å². The highest BCUT2D eigenvalue weighted by molar-refractivity contribution is 4.35. The Morgan fingerprint density at radius 1 is 1.40 bits per heavy atom. The summed E-state index contributed by atoms with van der Waals surface area (Å²) in [5, 5.41) is 8.10. The van der Waals surface area contributed by atoms with Crippen molar-refractivity contribution in [1.82, 2.24) is 0 Å². The van der Waals surface area contributed by atoms with Gasteiger partial charge in [-0.25, -0.2) is 0 Å². The first-order valence-corrected chi connectivity index (χ1v) is 2.98. The van der Waals surface area contributed by atoms with E-state index in [4.69, 9.17) is 5.11 Å². The van der Waals surface area contributed by atoms with Crippen molar-refractivity contribution in [1.29, 1.82) is 0 Å². The van der Waals surface area contributed by atoms with Gasteiger partial charge < -0.3 is 0 Å². The lowest BCUT2D eigenvalue weighted by molar-refractivity contribution is -0.331. The Bertz CT molecular complexity index is 52.5. The minimum absolute atomic E-state index is 1.09. The highest BCUT2D eigenvalue weighted by Crippen LogP contribution is 2.07. The lowest BCUT2D eigenvalue weighted by Crippen LogP contribution is -1.99. The van der Waals surface area contributed by atoms with Gasteiger partial charge in [0.25, 0.3) is 0 Å². The summed E-state index contributed by atoms with van der Waals surface area (Å²) in [6, 6.07) is 0. The van der Waals surface area contributed by atoms with E-state index in [1.165, 1.54) is 12.8 Å². The van der Waals surface area contributed by atoms with Crippen molar-refractivity contribution in [3.05, 3.63) is 6.92 Å². The van der Waals surface area contributed by atoms with E-state index in [2.05, 4.69) is 13.8 Å². The van der Waals surface area contributed by atoms with E-state index in [1.807, 2.05) is 0 Å². The Morgan fingerprint density at radius 3 is 1.70 bits per heavy atom. The van der Waals surface area contributed by atoms with Crippen LogP contribution in [0.3, 0.4) is 0 Å². The zero-order chi connectivity index (χ0) is 8.62. The summed E-state index contributed by atoms with van der Waals surface area (Å²) >= 11 is 0. The number of rotatable bonds is 2. The Morgan fingerprint density at radius 2 is 1.70 bits per heavy atom. The third-order valence-corrected chi connectivity index (χ3v) is 0.604. The zero-order valence-corrected chi connectivity index (χ0v) is 5.87. The van der Waals surface area contributed by atoms with Gasteiger partial charge >= 0.3 is 6.36 Å². The van der Waals surface area contributed by atoms with Crippen molar-refractivity contribution < 1.29 is 18.3 Å². The molecule has 0 saturated heterocycles. The maximum atomic E-state index is 9.80. The van der Waals surface area contributed by atoms with E-state index in [-0.39, 0.29) is 0 Å². The molecule has 10 heavy (non-hydrogen) atoms. The van der Waals surface area contributed by atoms with E-state index in [9.17, 15) is 13.2 Å². The van der Waals surface area contributed by atoms with Gasteiger partial charge in [0, 0.05) is 0 Å². The van der Waals surface area contributed by atoms with E-state index in [0.29, 0.717) is 0 Å². The standard InChI is InChI=1S/C5H11.CF3O/c1-3-5-4-2;2-1(3,4)5/h1,3-5H2,2H3;. The molecule has 0 aromatic carbocycles. The monoisotopic (exact) mass is 156 g/mol. The first kappa shape index (κ1) is 12.4. The maximum absolute atomic E-state index is 9.80. The van der Waals surface area contributed by atoms with Crippen LogP contribution in [0.5, 0.6) is 0 Å². The fourth-order valence-electron chi connectivity index (χ4n) is 0.250. The Kier molecular flexibility index (Phi) is 8.53. The van der Waals surface area contributed by atoms with Crippen molar-refractivity contribution in [2.24, 2.45) is 0 Å². The predicted octanol–water partition coefficient (Wildman–Crippen LogP) is 2.95. The average molecular weight is 156 g/mol. The lowest BCUT2D eigenvalue weighted by Gasteiger charge is -1.82. The molecule has 0 spiro atoms. The van der Waals surface area contributed by atoms with Gasteiger partial charge in [0.2, 0.25) is 0 Å². The molecule has 0 aliphatic heterocycles. The molecule has 0 unspecified atom stereocenters. The Balaban J connectivity index is 0. The van der Waals surface area contributed by atoms with Crippen molar-refractivity contribution in [2.45, 2.75) is 32.5 Å². The summed E-state index contributed by atoms with van der Waals surface area (Å²) in [7, 11) is 0. The smallest absolute Gasteiger partial charge is 0.142 e. The molecule has 0 saturated carbocycles. The van der Waals surface area contributed by atoms with Gasteiger partial charge in [-0.15, -0.1) is 18.3 Å². The van der Waals surface area contributed by atoms with Gasteiger partial charge in [-0.1, -0.05) is 33.1 Å². The molecule has 2 radical (unpaired) electrons. The normalized spacial score (nSPS) is 10.2. The summed E-state index contributed by atoms with van der Waals surface area (Å²) < 4.78 is 29.4. The molecule has 1 nitrogen and oxygen atoms in total. The molecule has 0 aromatic rings. The quantitative estimate of drug-likeness (QED) is 0.585. The number of hydrogen-bond acceptors (Lipinski definition) is 0. The first-order chi connectivity index (χ1) is 4.41. The maximum Gasteiger partial charge on any atom is 0.549 e. The zero-order valence-electron chi connectivity index (χ0n) is 5.87. The van der Waals surface area contributed by atoms with Crippen LogP contribution in [0.15, 0.2) is 0 Å². The Labute approximate surface area is 58.9 Å². The highest BCUT2D eigenvalue weighted by atomic mass is 19.4. The van der Waals surface area contributed by atoms with Gasteiger partial charge in [-0.05, 0) is 0 Å². The first-order valence-electron chi connectivity index (χ1n) is 2.98. The summed E-state index contributed by atoms with van der Waals surface area (Å²) in [5.41, 5.74) is 0. The second kappa shape index (κ2) is 6.86. The van der Waals surface area contributed by atoms with Gasteiger partial charge in [0.05, 0.1) is 0 Å². The molecule has 0 aliphatic rings. The largest absolute Gasteiger partial charge is 0.549 e. The fraction of sp³-hybridized carbons (Fsp3) is 0.833. The van der Waals surface area contributed by atoms with Crippen LogP contribution in [0.1, 0.15) is 26.2 Å². The van der Waals surface area contributed by atoms with Crippen molar-refractivity contribution in [2.75, 3.05) is 0 Å². The third-order valence-electron chi connectivity index (χ3n) is 0.604. The highest BCUT2D eigenvalue weighted by Gasteiger charge is 2.24. The minimum atomic E-state index is -5.25. The second-order valence-electron chi connectivity index (χ2n) is 1.65. The topological polar surface area (TPSA) is 19.9 Å². The van der Waals surface area contributed by atoms with Gasteiger partial charge in [-0.2, -0.15) is 0 Å². The van der Waals surface area contributed by atoms with Gasteiger partial charge in [0.15, 0.2) is 0 Å². The fourth-order valence-corrected chi connectivity index (χ4v) is 0.250. The second-order valence-corrected chi connectivity index (χ2v) is 1.65. The van der Waals surface area contributed by atoms with Crippen LogP contribution in [0, 0.1) is 6.92 Å². The molecule has 4 heteroatoms. The van der Waals surface area contributed by atoms with E-state index in [1.54, 1.807) is 0 Å². The van der Waals surface area contributed by atoms with Gasteiger partial charge in [-0.3, -0.25) is 0 Å². The molecule has 0 aliphatic carbocycles.